The van der Waals surface area contributed by atoms with Gasteiger partial charge < -0.3 is 10.4 Å². The number of benzene rings is 1. The molecule has 1 aromatic heterocycles. The number of carbonyl (C=O) groups is 1. The molecular formula is C14H19N3O2. The highest BCUT2D eigenvalue weighted by Crippen LogP contribution is 2.16. The first-order valence-corrected chi connectivity index (χ1v) is 6.24. The second-order valence-corrected chi connectivity index (χ2v) is 5.55. The molecule has 1 heterocycles. The number of carbonyl (C=O) groups excluding carboxylic acids is 1. The molecule has 0 radical (unpaired) electrons. The lowest BCUT2D eigenvalue weighted by Crippen LogP contribution is -2.36. The summed E-state index contributed by atoms with van der Waals surface area (Å²) in [6.45, 7) is 4.27. The van der Waals surface area contributed by atoms with Crippen molar-refractivity contribution in [1.82, 2.24) is 15.1 Å². The van der Waals surface area contributed by atoms with E-state index in [1.165, 1.54) is 0 Å². The number of rotatable bonds is 4. The average molecular weight is 261 g/mol. The molecule has 0 saturated heterocycles. The topological polar surface area (TPSA) is 67.2 Å². The number of fused-ring (bicyclic) bond motifs is 1. The van der Waals surface area contributed by atoms with Gasteiger partial charge in [-0.2, -0.15) is 5.10 Å². The second-order valence-electron chi connectivity index (χ2n) is 5.55. The number of nitrogens with one attached hydrogen (secondary N) is 1. The van der Waals surface area contributed by atoms with Crippen LogP contribution in [0.2, 0.25) is 0 Å². The van der Waals surface area contributed by atoms with E-state index in [9.17, 15) is 4.79 Å². The van der Waals surface area contributed by atoms with Crippen molar-refractivity contribution in [2.75, 3.05) is 13.2 Å². The van der Waals surface area contributed by atoms with Crippen LogP contribution in [0.5, 0.6) is 0 Å². The van der Waals surface area contributed by atoms with Crippen molar-refractivity contribution >= 4 is 16.8 Å². The molecule has 19 heavy (non-hydrogen) atoms. The predicted octanol–water partition coefficient (Wildman–Crippen LogP) is 1.32. The third kappa shape index (κ3) is 2.93. The molecule has 0 aliphatic heterocycles. The minimum atomic E-state index is -0.313. The SMILES string of the molecule is Cn1ncc2ccc(C(=O)NCC(C)(C)CO)cc21. The molecule has 0 fully saturated rings. The van der Waals surface area contributed by atoms with E-state index >= 15 is 0 Å². The maximum absolute atomic E-state index is 12.1. The number of aromatic nitrogens is 2. The van der Waals surface area contributed by atoms with Gasteiger partial charge in [0.1, 0.15) is 0 Å². The van der Waals surface area contributed by atoms with Gasteiger partial charge in [0.15, 0.2) is 0 Å². The highest BCUT2D eigenvalue weighted by atomic mass is 16.3. The summed E-state index contributed by atoms with van der Waals surface area (Å²) in [4.78, 5) is 12.1. The number of aliphatic hydroxyl groups is 1. The van der Waals surface area contributed by atoms with Gasteiger partial charge in [0, 0.05) is 36.6 Å². The van der Waals surface area contributed by atoms with Crippen LogP contribution in [0.15, 0.2) is 24.4 Å². The van der Waals surface area contributed by atoms with Crippen LogP contribution in [0, 0.1) is 5.41 Å². The first-order chi connectivity index (χ1) is 8.93. The Morgan fingerprint density at radius 1 is 1.47 bits per heavy atom. The summed E-state index contributed by atoms with van der Waals surface area (Å²) in [6.07, 6.45) is 1.77. The van der Waals surface area contributed by atoms with Crippen molar-refractivity contribution in [2.24, 2.45) is 12.5 Å². The largest absolute Gasteiger partial charge is 0.396 e. The molecule has 1 amide bonds. The number of hydrogen-bond acceptors (Lipinski definition) is 3. The average Bonchev–Trinajstić information content (AvgIpc) is 2.77. The monoisotopic (exact) mass is 261 g/mol. The van der Waals surface area contributed by atoms with Crippen LogP contribution in [0.4, 0.5) is 0 Å². The zero-order chi connectivity index (χ0) is 14.0. The van der Waals surface area contributed by atoms with Gasteiger partial charge in [-0.3, -0.25) is 9.48 Å². The first-order valence-electron chi connectivity index (χ1n) is 6.24. The molecule has 0 spiro atoms. The van der Waals surface area contributed by atoms with Gasteiger partial charge in [-0.25, -0.2) is 0 Å². The fourth-order valence-corrected chi connectivity index (χ4v) is 1.76. The van der Waals surface area contributed by atoms with Crippen molar-refractivity contribution < 1.29 is 9.90 Å². The van der Waals surface area contributed by atoms with Crippen LogP contribution < -0.4 is 5.32 Å². The predicted molar refractivity (Wildman–Crippen MR) is 73.9 cm³/mol. The van der Waals surface area contributed by atoms with E-state index in [1.807, 2.05) is 33.0 Å². The highest BCUT2D eigenvalue weighted by molar-refractivity contribution is 5.97. The molecule has 0 saturated carbocycles. The minimum absolute atomic E-state index is 0.0358. The normalized spacial score (nSPS) is 11.8. The summed E-state index contributed by atoms with van der Waals surface area (Å²) in [7, 11) is 1.85. The Kier molecular flexibility index (Phi) is 3.57. The molecule has 1 aromatic carbocycles. The van der Waals surface area contributed by atoms with Crippen LogP contribution in [0.1, 0.15) is 24.2 Å². The van der Waals surface area contributed by atoms with Crippen molar-refractivity contribution in [3.8, 4) is 0 Å². The van der Waals surface area contributed by atoms with Crippen LogP contribution in [-0.4, -0.2) is 33.9 Å². The van der Waals surface area contributed by atoms with E-state index in [0.29, 0.717) is 12.1 Å². The summed E-state index contributed by atoms with van der Waals surface area (Å²) in [5.74, 6) is -0.135. The summed E-state index contributed by atoms with van der Waals surface area (Å²) >= 11 is 0. The van der Waals surface area contributed by atoms with E-state index in [2.05, 4.69) is 10.4 Å². The maximum atomic E-state index is 12.1. The summed E-state index contributed by atoms with van der Waals surface area (Å²) in [5, 5.41) is 17.2. The first kappa shape index (κ1) is 13.5. The molecule has 2 N–H and O–H groups in total. The van der Waals surface area contributed by atoms with E-state index in [1.54, 1.807) is 16.9 Å². The molecule has 102 valence electrons. The van der Waals surface area contributed by atoms with Crippen LogP contribution in [0.25, 0.3) is 10.9 Å². The molecule has 0 aliphatic carbocycles. The molecule has 0 atom stereocenters. The zero-order valence-electron chi connectivity index (χ0n) is 11.5. The molecule has 2 rings (SSSR count). The number of amides is 1. The summed E-state index contributed by atoms with van der Waals surface area (Å²) in [5.41, 5.74) is 1.21. The van der Waals surface area contributed by atoms with Gasteiger partial charge >= 0.3 is 0 Å². The van der Waals surface area contributed by atoms with Crippen molar-refractivity contribution in [2.45, 2.75) is 13.8 Å². The number of aryl methyl sites for hydroxylation is 1. The van der Waals surface area contributed by atoms with Gasteiger partial charge in [0.05, 0.1) is 11.7 Å². The van der Waals surface area contributed by atoms with Crippen molar-refractivity contribution in [3.63, 3.8) is 0 Å². The van der Waals surface area contributed by atoms with E-state index in [-0.39, 0.29) is 17.9 Å². The third-order valence-corrected chi connectivity index (χ3v) is 3.17. The van der Waals surface area contributed by atoms with Crippen LogP contribution in [0.3, 0.4) is 0 Å². The highest BCUT2D eigenvalue weighted by Gasteiger charge is 2.18. The Balaban J connectivity index is 2.15. The standard InChI is InChI=1S/C14H19N3O2/c1-14(2,9-18)8-15-13(19)10-4-5-11-7-16-17(3)12(11)6-10/h4-7,18H,8-9H2,1-3H3,(H,15,19). The molecule has 0 aliphatic rings. The third-order valence-electron chi connectivity index (χ3n) is 3.17. The molecule has 0 bridgehead atoms. The Bertz CT molecular complexity index is 602. The lowest BCUT2D eigenvalue weighted by Gasteiger charge is -2.21. The number of nitrogens with zero attached hydrogens (tertiary/aromatic N) is 2. The Morgan fingerprint density at radius 3 is 2.89 bits per heavy atom. The minimum Gasteiger partial charge on any atom is -0.396 e. The number of hydrogen-bond donors (Lipinski definition) is 2. The molecule has 5 heteroatoms. The van der Waals surface area contributed by atoms with E-state index in [4.69, 9.17) is 5.11 Å². The molecule has 0 unspecified atom stereocenters. The van der Waals surface area contributed by atoms with Crippen LogP contribution in [-0.2, 0) is 7.05 Å². The maximum Gasteiger partial charge on any atom is 0.251 e. The van der Waals surface area contributed by atoms with E-state index in [0.717, 1.165) is 10.9 Å². The van der Waals surface area contributed by atoms with E-state index < -0.39 is 0 Å². The fraction of sp³-hybridized carbons (Fsp3) is 0.429. The van der Waals surface area contributed by atoms with Gasteiger partial charge in [-0.05, 0) is 12.1 Å². The second kappa shape index (κ2) is 5.01. The molecule has 5 nitrogen and oxygen atoms in total. The Morgan fingerprint density at radius 2 is 2.21 bits per heavy atom. The lowest BCUT2D eigenvalue weighted by molar-refractivity contribution is 0.0911. The fourth-order valence-electron chi connectivity index (χ4n) is 1.76. The van der Waals surface area contributed by atoms with Crippen LogP contribution >= 0.6 is 0 Å². The lowest BCUT2D eigenvalue weighted by atomic mass is 9.95. The van der Waals surface area contributed by atoms with Gasteiger partial charge in [-0.15, -0.1) is 0 Å². The van der Waals surface area contributed by atoms with Gasteiger partial charge in [0.2, 0.25) is 0 Å². The summed E-state index contributed by atoms with van der Waals surface area (Å²) in [6, 6.07) is 5.49. The Hall–Kier alpha value is -1.88. The smallest absolute Gasteiger partial charge is 0.251 e. The molecule has 2 aromatic rings. The van der Waals surface area contributed by atoms with Crippen molar-refractivity contribution in [3.05, 3.63) is 30.0 Å². The summed E-state index contributed by atoms with van der Waals surface area (Å²) < 4.78 is 1.74. The molecular weight excluding hydrogens is 242 g/mol. The van der Waals surface area contributed by atoms with Gasteiger partial charge in [0.25, 0.3) is 5.91 Å². The quantitative estimate of drug-likeness (QED) is 0.872. The zero-order valence-corrected chi connectivity index (χ0v) is 11.5. The number of aliphatic hydroxyl groups excluding tert-OH is 1. The Labute approximate surface area is 112 Å². The van der Waals surface area contributed by atoms with Crippen molar-refractivity contribution in [1.29, 1.82) is 0 Å². The van der Waals surface area contributed by atoms with Gasteiger partial charge in [-0.1, -0.05) is 19.9 Å².